The van der Waals surface area contributed by atoms with Crippen molar-refractivity contribution in [3.8, 4) is 6.07 Å². The van der Waals surface area contributed by atoms with Gasteiger partial charge in [0.15, 0.2) is 0 Å². The summed E-state index contributed by atoms with van der Waals surface area (Å²) >= 11 is 0. The Morgan fingerprint density at radius 1 is 1.62 bits per heavy atom. The average Bonchev–Trinajstić information content (AvgIpc) is 2.28. The number of hydrogen-bond acceptors (Lipinski definition) is 3. The second-order valence-corrected chi connectivity index (χ2v) is 4.80. The predicted octanol–water partition coefficient (Wildman–Crippen LogP) is 1.09. The van der Waals surface area contributed by atoms with Gasteiger partial charge in [0.25, 0.3) is 0 Å². The molecule has 1 atom stereocenters. The standard InChI is InChI=1S/C12H21N3O/c1-10(2)14(3)12(16)9-15-6-4-5-11(7-13)8-15/h10-11H,4-6,8-9H2,1-3H3. The van der Waals surface area contributed by atoms with Crippen molar-refractivity contribution >= 4 is 5.91 Å². The van der Waals surface area contributed by atoms with Crippen LogP contribution in [0.15, 0.2) is 0 Å². The van der Waals surface area contributed by atoms with Gasteiger partial charge in [0.05, 0.1) is 18.5 Å². The van der Waals surface area contributed by atoms with Gasteiger partial charge in [-0.1, -0.05) is 0 Å². The highest BCUT2D eigenvalue weighted by molar-refractivity contribution is 5.78. The van der Waals surface area contributed by atoms with Crippen LogP contribution in [0.1, 0.15) is 26.7 Å². The Kier molecular flexibility index (Phi) is 4.75. The zero-order chi connectivity index (χ0) is 12.1. The highest BCUT2D eigenvalue weighted by atomic mass is 16.2. The molecule has 1 amide bonds. The van der Waals surface area contributed by atoms with E-state index in [0.717, 1.165) is 25.9 Å². The van der Waals surface area contributed by atoms with Crippen molar-refractivity contribution in [2.24, 2.45) is 5.92 Å². The van der Waals surface area contributed by atoms with E-state index in [4.69, 9.17) is 5.26 Å². The third kappa shape index (κ3) is 3.49. The first kappa shape index (κ1) is 13.0. The Bertz CT molecular complexity index is 282. The lowest BCUT2D eigenvalue weighted by atomic mass is 10.00. The summed E-state index contributed by atoms with van der Waals surface area (Å²) in [6, 6.07) is 2.53. The summed E-state index contributed by atoms with van der Waals surface area (Å²) in [6.45, 7) is 6.15. The molecule has 1 aliphatic rings. The molecule has 1 fully saturated rings. The first-order valence-corrected chi connectivity index (χ1v) is 5.92. The van der Waals surface area contributed by atoms with Gasteiger partial charge in [-0.2, -0.15) is 5.26 Å². The van der Waals surface area contributed by atoms with Gasteiger partial charge in [0, 0.05) is 19.6 Å². The van der Waals surface area contributed by atoms with E-state index >= 15 is 0 Å². The number of hydrogen-bond donors (Lipinski definition) is 0. The molecule has 0 spiro atoms. The maximum absolute atomic E-state index is 11.8. The molecule has 1 rings (SSSR count). The molecular weight excluding hydrogens is 202 g/mol. The van der Waals surface area contributed by atoms with Gasteiger partial charge in [-0.05, 0) is 33.2 Å². The second-order valence-electron chi connectivity index (χ2n) is 4.80. The number of likely N-dealkylation sites (tertiary alicyclic amines) is 1. The zero-order valence-electron chi connectivity index (χ0n) is 10.4. The minimum absolute atomic E-state index is 0.103. The number of nitrogens with zero attached hydrogens (tertiary/aromatic N) is 3. The summed E-state index contributed by atoms with van der Waals surface area (Å²) in [6.07, 6.45) is 2.00. The largest absolute Gasteiger partial charge is 0.342 e. The summed E-state index contributed by atoms with van der Waals surface area (Å²) in [5.74, 6) is 0.250. The van der Waals surface area contributed by atoms with Crippen molar-refractivity contribution in [1.29, 1.82) is 5.26 Å². The maximum atomic E-state index is 11.8. The highest BCUT2D eigenvalue weighted by Crippen LogP contribution is 2.15. The van der Waals surface area contributed by atoms with Gasteiger partial charge >= 0.3 is 0 Å². The van der Waals surface area contributed by atoms with Crippen LogP contribution in [0, 0.1) is 17.2 Å². The molecule has 0 aromatic heterocycles. The van der Waals surface area contributed by atoms with Crippen LogP contribution in [0.5, 0.6) is 0 Å². The molecule has 1 aliphatic heterocycles. The third-order valence-electron chi connectivity index (χ3n) is 3.21. The summed E-state index contributed by atoms with van der Waals surface area (Å²) in [4.78, 5) is 15.7. The molecule has 0 bridgehead atoms. The fourth-order valence-corrected chi connectivity index (χ4v) is 1.90. The Hall–Kier alpha value is -1.08. The van der Waals surface area contributed by atoms with Crippen LogP contribution in [0.3, 0.4) is 0 Å². The molecule has 0 aromatic rings. The minimum Gasteiger partial charge on any atom is -0.342 e. The Morgan fingerprint density at radius 2 is 2.31 bits per heavy atom. The number of amides is 1. The molecule has 1 heterocycles. The van der Waals surface area contributed by atoms with Gasteiger partial charge < -0.3 is 4.90 Å². The van der Waals surface area contributed by atoms with E-state index in [1.165, 1.54) is 0 Å². The van der Waals surface area contributed by atoms with E-state index in [1.807, 2.05) is 20.9 Å². The molecule has 0 saturated carbocycles. The zero-order valence-corrected chi connectivity index (χ0v) is 10.4. The number of piperidine rings is 1. The lowest BCUT2D eigenvalue weighted by molar-refractivity contribution is -0.132. The summed E-state index contributed by atoms with van der Waals surface area (Å²) < 4.78 is 0. The van der Waals surface area contributed by atoms with Crippen LogP contribution < -0.4 is 0 Å². The number of nitriles is 1. The van der Waals surface area contributed by atoms with Crippen molar-refractivity contribution in [3.63, 3.8) is 0 Å². The van der Waals surface area contributed by atoms with Crippen LogP contribution in [-0.4, -0.2) is 48.4 Å². The van der Waals surface area contributed by atoms with Gasteiger partial charge in [-0.15, -0.1) is 0 Å². The van der Waals surface area contributed by atoms with Crippen LogP contribution >= 0.6 is 0 Å². The predicted molar refractivity (Wildman–Crippen MR) is 62.7 cm³/mol. The summed E-state index contributed by atoms with van der Waals surface area (Å²) in [5, 5.41) is 8.87. The molecule has 0 aromatic carbocycles. The molecule has 1 saturated heterocycles. The van der Waals surface area contributed by atoms with Crippen molar-refractivity contribution < 1.29 is 4.79 Å². The fraction of sp³-hybridized carbons (Fsp3) is 0.833. The van der Waals surface area contributed by atoms with Crippen molar-refractivity contribution in [1.82, 2.24) is 9.80 Å². The molecule has 16 heavy (non-hydrogen) atoms. The SMILES string of the molecule is CC(C)N(C)C(=O)CN1CCCC(C#N)C1. The van der Waals surface area contributed by atoms with Crippen molar-refractivity contribution in [3.05, 3.63) is 0 Å². The van der Waals surface area contributed by atoms with E-state index in [1.54, 1.807) is 4.90 Å². The van der Waals surface area contributed by atoms with E-state index in [2.05, 4.69) is 11.0 Å². The minimum atomic E-state index is 0.103. The molecule has 4 heteroatoms. The first-order valence-electron chi connectivity index (χ1n) is 5.92. The average molecular weight is 223 g/mol. The molecule has 4 nitrogen and oxygen atoms in total. The lowest BCUT2D eigenvalue weighted by Crippen LogP contribution is -2.44. The maximum Gasteiger partial charge on any atom is 0.236 e. The normalized spacial score (nSPS) is 21.8. The summed E-state index contributed by atoms with van der Waals surface area (Å²) in [7, 11) is 1.83. The smallest absolute Gasteiger partial charge is 0.236 e. The number of carbonyl (C=O) groups excluding carboxylic acids is 1. The molecule has 90 valence electrons. The van der Waals surface area contributed by atoms with Crippen LogP contribution in [0.4, 0.5) is 0 Å². The van der Waals surface area contributed by atoms with Crippen LogP contribution in [0.25, 0.3) is 0 Å². The molecule has 0 aliphatic carbocycles. The van der Waals surface area contributed by atoms with E-state index < -0.39 is 0 Å². The number of rotatable bonds is 3. The molecule has 0 N–H and O–H groups in total. The lowest BCUT2D eigenvalue weighted by Gasteiger charge is -2.31. The van der Waals surface area contributed by atoms with Crippen LogP contribution in [0.2, 0.25) is 0 Å². The van der Waals surface area contributed by atoms with Gasteiger partial charge in [0.2, 0.25) is 5.91 Å². The van der Waals surface area contributed by atoms with E-state index in [0.29, 0.717) is 6.54 Å². The second kappa shape index (κ2) is 5.86. The quantitative estimate of drug-likeness (QED) is 0.719. The van der Waals surface area contributed by atoms with Gasteiger partial charge in [-0.25, -0.2) is 0 Å². The third-order valence-corrected chi connectivity index (χ3v) is 3.21. The van der Waals surface area contributed by atoms with E-state index in [-0.39, 0.29) is 17.9 Å². The Balaban J connectivity index is 2.42. The fourth-order valence-electron chi connectivity index (χ4n) is 1.90. The highest BCUT2D eigenvalue weighted by Gasteiger charge is 2.22. The molecular formula is C12H21N3O. The molecule has 0 radical (unpaired) electrons. The topological polar surface area (TPSA) is 47.3 Å². The molecule has 1 unspecified atom stereocenters. The van der Waals surface area contributed by atoms with Crippen molar-refractivity contribution in [2.75, 3.05) is 26.7 Å². The van der Waals surface area contributed by atoms with Gasteiger partial charge in [-0.3, -0.25) is 9.69 Å². The Labute approximate surface area is 97.8 Å². The first-order chi connectivity index (χ1) is 7.54. The van der Waals surface area contributed by atoms with E-state index in [9.17, 15) is 4.79 Å². The number of carbonyl (C=O) groups is 1. The van der Waals surface area contributed by atoms with Gasteiger partial charge in [0.1, 0.15) is 0 Å². The van der Waals surface area contributed by atoms with Crippen molar-refractivity contribution in [2.45, 2.75) is 32.7 Å². The number of likely N-dealkylation sites (N-methyl/N-ethyl adjacent to an activating group) is 1. The Morgan fingerprint density at radius 3 is 2.88 bits per heavy atom. The monoisotopic (exact) mass is 223 g/mol. The van der Waals surface area contributed by atoms with Crippen LogP contribution in [-0.2, 0) is 4.79 Å². The summed E-state index contributed by atoms with van der Waals surface area (Å²) in [5.41, 5.74) is 0.